The molecule has 32 heavy (non-hydrogen) atoms. The van der Waals surface area contributed by atoms with E-state index in [-0.39, 0.29) is 23.5 Å². The maximum atomic E-state index is 13.1. The molecule has 1 aromatic heterocycles. The molecular formula is C22H21N6O3S+. The van der Waals surface area contributed by atoms with Gasteiger partial charge in [-0.25, -0.2) is 4.99 Å². The molecule has 1 aliphatic rings. The van der Waals surface area contributed by atoms with Crippen LogP contribution in [0.5, 0.6) is 0 Å². The lowest BCUT2D eigenvalue weighted by molar-refractivity contribution is -0.753. The van der Waals surface area contributed by atoms with Crippen LogP contribution in [-0.2, 0) is 9.59 Å². The number of amidine groups is 1. The molecule has 1 N–H and O–H groups in total. The van der Waals surface area contributed by atoms with Gasteiger partial charge in [-0.05, 0) is 23.8 Å². The molecule has 1 aliphatic heterocycles. The van der Waals surface area contributed by atoms with Gasteiger partial charge >= 0.3 is 5.88 Å². The van der Waals surface area contributed by atoms with E-state index in [1.165, 1.54) is 21.5 Å². The van der Waals surface area contributed by atoms with Crippen molar-refractivity contribution in [3.05, 3.63) is 78.1 Å². The average molecular weight is 450 g/mol. The number of aromatic nitrogens is 2. The Balaban J connectivity index is 1.51. The quantitative estimate of drug-likeness (QED) is 0.458. The summed E-state index contributed by atoms with van der Waals surface area (Å²) in [7, 11) is 3.58. The number of carbonyl (C=O) groups is 2. The van der Waals surface area contributed by atoms with Gasteiger partial charge in [-0.1, -0.05) is 60.3 Å². The van der Waals surface area contributed by atoms with Crippen molar-refractivity contribution in [2.24, 2.45) is 4.99 Å². The van der Waals surface area contributed by atoms with Crippen molar-refractivity contribution in [3.63, 3.8) is 0 Å². The largest absolute Gasteiger partial charge is 0.305 e. The summed E-state index contributed by atoms with van der Waals surface area (Å²) >= 11 is 1.17. The van der Waals surface area contributed by atoms with Crippen LogP contribution in [0.25, 0.3) is 6.08 Å². The predicted octanol–water partition coefficient (Wildman–Crippen LogP) is 2.28. The minimum absolute atomic E-state index is 0.0384. The van der Waals surface area contributed by atoms with Crippen LogP contribution in [0.4, 0.5) is 11.6 Å². The second-order valence-electron chi connectivity index (χ2n) is 6.98. The van der Waals surface area contributed by atoms with Crippen molar-refractivity contribution in [3.8, 4) is 0 Å². The molecule has 0 bridgehead atoms. The second-order valence-corrected chi connectivity index (χ2v) is 7.92. The van der Waals surface area contributed by atoms with Crippen LogP contribution in [0.2, 0.25) is 0 Å². The highest BCUT2D eigenvalue weighted by Crippen LogP contribution is 2.29. The Bertz CT molecular complexity index is 1170. The van der Waals surface area contributed by atoms with E-state index in [9.17, 15) is 9.59 Å². The van der Waals surface area contributed by atoms with E-state index in [2.05, 4.69) is 15.6 Å². The van der Waals surface area contributed by atoms with Gasteiger partial charge in [0, 0.05) is 0 Å². The number of carbonyl (C=O) groups excluding carboxylic acids is 2. The molecular weight excluding hydrogens is 428 g/mol. The maximum Gasteiger partial charge on any atom is 0.305 e. The molecule has 2 heterocycles. The zero-order valence-corrected chi connectivity index (χ0v) is 18.3. The Morgan fingerprint density at radius 1 is 1.16 bits per heavy atom. The number of hydrogen-bond donors (Lipinski definition) is 1. The van der Waals surface area contributed by atoms with Gasteiger partial charge in [-0.3, -0.25) is 24.3 Å². The smallest absolute Gasteiger partial charge is 0.288 e. The Labute approximate surface area is 189 Å². The molecule has 162 valence electrons. The van der Waals surface area contributed by atoms with Crippen molar-refractivity contribution >= 4 is 46.4 Å². The Morgan fingerprint density at radius 2 is 1.84 bits per heavy atom. The number of benzene rings is 2. The minimum Gasteiger partial charge on any atom is -0.288 e. The van der Waals surface area contributed by atoms with Crippen molar-refractivity contribution in [1.29, 1.82) is 0 Å². The molecule has 0 unspecified atom stereocenters. The number of aliphatic imine (C=N–C) groups is 1. The topological polar surface area (TPSA) is 94.9 Å². The molecule has 0 saturated heterocycles. The summed E-state index contributed by atoms with van der Waals surface area (Å²) < 4.78 is 5.09. The van der Waals surface area contributed by atoms with Crippen LogP contribution in [0.15, 0.2) is 82.1 Å². The fraction of sp³-hybridized carbons (Fsp3) is 0.136. The van der Waals surface area contributed by atoms with Crippen LogP contribution >= 0.6 is 11.8 Å². The van der Waals surface area contributed by atoms with Gasteiger partial charge in [0.15, 0.2) is 5.17 Å². The van der Waals surface area contributed by atoms with E-state index < -0.39 is 0 Å². The molecule has 4 rings (SSSR count). The number of thioether (sulfide) groups is 1. The van der Waals surface area contributed by atoms with E-state index >= 15 is 0 Å². The third-order valence-electron chi connectivity index (χ3n) is 4.41. The van der Waals surface area contributed by atoms with Gasteiger partial charge in [-0.15, -0.1) is 0 Å². The zero-order chi connectivity index (χ0) is 22.5. The molecule has 9 nitrogen and oxygen atoms in total. The van der Waals surface area contributed by atoms with Gasteiger partial charge in [0.1, 0.15) is 5.70 Å². The Kier molecular flexibility index (Phi) is 6.31. The van der Waals surface area contributed by atoms with Gasteiger partial charge < -0.3 is 0 Å². The highest BCUT2D eigenvalue weighted by atomic mass is 32.2. The number of rotatable bonds is 6. The number of hydrogen-bond acceptors (Lipinski definition) is 7. The number of nitrogens with one attached hydrogen (secondary N) is 1. The van der Waals surface area contributed by atoms with Crippen LogP contribution < -0.4 is 20.0 Å². The van der Waals surface area contributed by atoms with E-state index in [0.29, 0.717) is 16.6 Å². The van der Waals surface area contributed by atoms with Crippen molar-refractivity contribution in [2.45, 2.75) is 0 Å². The first-order valence-corrected chi connectivity index (χ1v) is 10.7. The third-order valence-corrected chi connectivity index (χ3v) is 5.35. The molecule has 2 aromatic carbocycles. The van der Waals surface area contributed by atoms with Crippen molar-refractivity contribution in [2.75, 3.05) is 35.1 Å². The number of amides is 2. The van der Waals surface area contributed by atoms with E-state index in [1.807, 2.05) is 60.7 Å². The molecule has 2 amide bonds. The monoisotopic (exact) mass is 449 g/mol. The number of anilines is 2. The summed E-state index contributed by atoms with van der Waals surface area (Å²) in [6.07, 6.45) is 3.29. The molecule has 0 aliphatic carbocycles. The highest BCUT2D eigenvalue weighted by Gasteiger charge is 2.32. The molecule has 0 atom stereocenters. The number of para-hydroxylation sites is 1. The van der Waals surface area contributed by atoms with Crippen LogP contribution in [-0.4, -0.2) is 42.1 Å². The summed E-state index contributed by atoms with van der Waals surface area (Å²) in [4.78, 5) is 33.0. The van der Waals surface area contributed by atoms with Crippen LogP contribution in [0, 0.1) is 0 Å². The molecule has 0 saturated carbocycles. The van der Waals surface area contributed by atoms with E-state index in [1.54, 1.807) is 31.4 Å². The standard InChI is InChI=1S/C22H20N6O3S/c1-26(2)27-14-20(31-25-27)24-19(29)15-32-22-23-18(13-16-9-5-3-6-10-16)21(30)28(22)17-11-7-4-8-12-17/h3-14H,15H2,1-2H3/p+1/b18-13+. The van der Waals surface area contributed by atoms with Crippen molar-refractivity contribution < 1.29 is 18.9 Å². The maximum absolute atomic E-state index is 13.1. The molecule has 0 spiro atoms. The van der Waals surface area contributed by atoms with Crippen molar-refractivity contribution in [1.82, 2.24) is 5.27 Å². The summed E-state index contributed by atoms with van der Waals surface area (Å²) in [6.45, 7) is 0. The van der Waals surface area contributed by atoms with Gasteiger partial charge in [0.2, 0.25) is 11.2 Å². The Hall–Kier alpha value is -3.92. The summed E-state index contributed by atoms with van der Waals surface area (Å²) in [5.41, 5.74) is 1.87. The molecule has 10 heteroatoms. The van der Waals surface area contributed by atoms with E-state index in [4.69, 9.17) is 4.52 Å². The van der Waals surface area contributed by atoms with Gasteiger partial charge in [-0.2, -0.15) is 5.01 Å². The SMILES string of the molecule is CN(C)[n+]1cc(NC(=O)CSC2=N/C(=C/c3ccccc3)C(=O)N2c2ccccc2)on1. The molecule has 0 fully saturated rings. The Morgan fingerprint density at radius 3 is 2.50 bits per heavy atom. The lowest BCUT2D eigenvalue weighted by Crippen LogP contribution is -2.53. The van der Waals surface area contributed by atoms with Crippen LogP contribution in [0.1, 0.15) is 5.56 Å². The first-order chi connectivity index (χ1) is 15.5. The lowest BCUT2D eigenvalue weighted by atomic mass is 10.2. The normalized spacial score (nSPS) is 14.6. The molecule has 0 radical (unpaired) electrons. The number of nitrogens with zero attached hydrogens (tertiary/aromatic N) is 5. The first kappa shape index (κ1) is 21.3. The summed E-state index contributed by atoms with van der Waals surface area (Å²) in [6, 6.07) is 18.7. The van der Waals surface area contributed by atoms with E-state index in [0.717, 1.165) is 5.56 Å². The van der Waals surface area contributed by atoms with Crippen LogP contribution in [0.3, 0.4) is 0 Å². The second kappa shape index (κ2) is 9.48. The minimum atomic E-state index is -0.305. The fourth-order valence-electron chi connectivity index (χ4n) is 2.89. The zero-order valence-electron chi connectivity index (χ0n) is 17.5. The highest BCUT2D eigenvalue weighted by molar-refractivity contribution is 8.14. The summed E-state index contributed by atoms with van der Waals surface area (Å²) in [5.74, 6) is -0.291. The fourth-order valence-corrected chi connectivity index (χ4v) is 3.70. The average Bonchev–Trinajstić information content (AvgIpc) is 3.38. The lowest BCUT2D eigenvalue weighted by Gasteiger charge is -2.17. The third kappa shape index (κ3) is 4.86. The molecule has 3 aromatic rings. The van der Waals surface area contributed by atoms with Gasteiger partial charge in [0.05, 0.1) is 30.3 Å². The summed E-state index contributed by atoms with van der Waals surface area (Å²) in [5, 5.41) is 8.54. The van der Waals surface area contributed by atoms with Gasteiger partial charge in [0.25, 0.3) is 12.1 Å². The first-order valence-electron chi connectivity index (χ1n) is 9.75. The predicted molar refractivity (Wildman–Crippen MR) is 124 cm³/mol.